The van der Waals surface area contributed by atoms with Gasteiger partial charge in [-0.25, -0.2) is 0 Å². The molecule has 2 N–H and O–H groups in total. The Morgan fingerprint density at radius 1 is 1.19 bits per heavy atom. The highest BCUT2D eigenvalue weighted by Gasteiger charge is 2.57. The van der Waals surface area contributed by atoms with Crippen LogP contribution in [0.3, 0.4) is 0 Å². The molecule has 4 nitrogen and oxygen atoms in total. The Labute approximate surface area is 177 Å². The first kappa shape index (κ1) is 21.2. The van der Waals surface area contributed by atoms with Gasteiger partial charge in [-0.1, -0.05) is 29.3 Å². The molecule has 4 rings (SSSR count). The average molecular weight is 434 g/mol. The summed E-state index contributed by atoms with van der Waals surface area (Å²) in [6, 6.07) is 5.68. The highest BCUT2D eigenvalue weighted by atomic mass is 35.5. The molecular weight excluding hydrogens is 407 g/mol. The van der Waals surface area contributed by atoms with Gasteiger partial charge in [0.25, 0.3) is 0 Å². The van der Waals surface area contributed by atoms with Crippen LogP contribution in [-0.2, 0) is 14.9 Å². The van der Waals surface area contributed by atoms with E-state index in [1.165, 1.54) is 0 Å². The number of halogens is 3. The Hall–Kier alpha value is -0.520. The third kappa shape index (κ3) is 4.25. The fourth-order valence-electron chi connectivity index (χ4n) is 4.80. The first-order valence-electron chi connectivity index (χ1n) is 9.57. The number of benzene rings is 1. The van der Waals surface area contributed by atoms with Crippen LogP contribution in [0.4, 0.5) is 0 Å². The van der Waals surface area contributed by atoms with Gasteiger partial charge in [-0.05, 0) is 68.3 Å². The van der Waals surface area contributed by atoms with Crippen LogP contribution in [0.1, 0.15) is 37.7 Å². The zero-order chi connectivity index (χ0) is 18.2. The van der Waals surface area contributed by atoms with Crippen LogP contribution >= 0.6 is 35.6 Å². The van der Waals surface area contributed by atoms with E-state index in [9.17, 15) is 4.79 Å². The largest absolute Gasteiger partial charge is 0.381 e. The Kier molecular flexibility index (Phi) is 6.64. The molecule has 3 fully saturated rings. The van der Waals surface area contributed by atoms with Gasteiger partial charge in [-0.3, -0.25) is 4.79 Å². The van der Waals surface area contributed by atoms with Gasteiger partial charge in [0.2, 0.25) is 5.91 Å². The highest BCUT2D eigenvalue weighted by Crippen LogP contribution is 2.58. The fourth-order valence-corrected chi connectivity index (χ4v) is 5.41. The number of rotatable bonds is 4. The lowest BCUT2D eigenvalue weighted by Gasteiger charge is -2.38. The summed E-state index contributed by atoms with van der Waals surface area (Å²) < 4.78 is 5.58. The number of hydrogen-bond donors (Lipinski definition) is 2. The van der Waals surface area contributed by atoms with Gasteiger partial charge in [-0.15, -0.1) is 12.4 Å². The molecular formula is C20H27Cl3N2O2. The summed E-state index contributed by atoms with van der Waals surface area (Å²) in [5.74, 6) is 0.394. The number of hydrogen-bond acceptors (Lipinski definition) is 3. The van der Waals surface area contributed by atoms with Crippen LogP contribution in [0.2, 0.25) is 10.0 Å². The van der Waals surface area contributed by atoms with E-state index in [4.69, 9.17) is 27.9 Å². The lowest BCUT2D eigenvalue weighted by molar-refractivity contribution is -0.123. The molecule has 0 aromatic heterocycles. The van der Waals surface area contributed by atoms with Crippen molar-refractivity contribution in [1.82, 2.24) is 10.6 Å². The van der Waals surface area contributed by atoms with Crippen LogP contribution in [-0.4, -0.2) is 38.8 Å². The third-order valence-corrected chi connectivity index (χ3v) is 7.21. The van der Waals surface area contributed by atoms with Crippen molar-refractivity contribution in [2.45, 2.75) is 37.5 Å². The Morgan fingerprint density at radius 2 is 1.89 bits per heavy atom. The molecule has 2 aliphatic heterocycles. The van der Waals surface area contributed by atoms with Gasteiger partial charge < -0.3 is 15.4 Å². The Morgan fingerprint density at radius 3 is 2.56 bits per heavy atom. The maximum atomic E-state index is 12.8. The Bertz CT molecular complexity index is 686. The fraction of sp³-hybridized carbons (Fsp3) is 0.650. The monoisotopic (exact) mass is 432 g/mol. The van der Waals surface area contributed by atoms with Gasteiger partial charge in [0.1, 0.15) is 0 Å². The summed E-state index contributed by atoms with van der Waals surface area (Å²) in [6.07, 6.45) is 4.99. The van der Waals surface area contributed by atoms with Gasteiger partial charge in [0, 0.05) is 41.1 Å². The summed E-state index contributed by atoms with van der Waals surface area (Å²) in [6.45, 7) is 4.06. The van der Waals surface area contributed by atoms with Crippen molar-refractivity contribution in [2.24, 2.45) is 11.3 Å². The first-order chi connectivity index (χ1) is 12.5. The maximum absolute atomic E-state index is 12.8. The summed E-state index contributed by atoms with van der Waals surface area (Å²) in [7, 11) is 0. The van der Waals surface area contributed by atoms with Crippen LogP contribution in [0.15, 0.2) is 18.2 Å². The van der Waals surface area contributed by atoms with E-state index in [0.717, 1.165) is 50.8 Å². The number of carbonyl (C=O) groups excluding carboxylic acids is 1. The molecule has 1 aromatic rings. The molecule has 7 heteroatoms. The molecule has 3 aliphatic rings. The van der Waals surface area contributed by atoms with E-state index in [1.807, 2.05) is 12.1 Å². The number of ether oxygens (including phenoxy) is 1. The molecule has 1 saturated carbocycles. The number of amides is 1. The summed E-state index contributed by atoms with van der Waals surface area (Å²) in [5.41, 5.74) is 1.15. The van der Waals surface area contributed by atoms with Crippen molar-refractivity contribution in [2.75, 3.05) is 32.8 Å². The van der Waals surface area contributed by atoms with E-state index < -0.39 is 0 Å². The summed E-state index contributed by atoms with van der Waals surface area (Å²) in [5, 5.41) is 7.96. The molecule has 2 saturated heterocycles. The standard InChI is InChI=1S/C20H26Cl2N2O2.ClH/c21-14-1-2-15(17(22)11-14)20(5-9-26-10-6-20)13-24-18(25)16-12-19(16)3-7-23-8-4-19;/h1-2,11,16,23H,3-10,12-13H2,(H,24,25);1H. The SMILES string of the molecule is Cl.O=C(NCC1(c2ccc(Cl)cc2Cl)CCOCC1)C1CC12CCNCC2. The Balaban J connectivity index is 0.00000210. The molecule has 0 bridgehead atoms. The van der Waals surface area contributed by atoms with Crippen LogP contribution in [0, 0.1) is 11.3 Å². The second kappa shape index (κ2) is 8.46. The smallest absolute Gasteiger partial charge is 0.223 e. The van der Waals surface area contributed by atoms with Crippen molar-refractivity contribution >= 4 is 41.5 Å². The van der Waals surface area contributed by atoms with Gasteiger partial charge in [0.15, 0.2) is 0 Å². The normalized spacial score (nSPS) is 25.5. The maximum Gasteiger partial charge on any atom is 0.223 e. The summed E-state index contributed by atoms with van der Waals surface area (Å²) in [4.78, 5) is 12.8. The highest BCUT2D eigenvalue weighted by molar-refractivity contribution is 6.35. The van der Waals surface area contributed by atoms with Crippen molar-refractivity contribution in [3.63, 3.8) is 0 Å². The minimum absolute atomic E-state index is 0. The number of piperidine rings is 1. The van der Waals surface area contributed by atoms with E-state index in [1.54, 1.807) is 6.07 Å². The molecule has 1 aliphatic carbocycles. The molecule has 150 valence electrons. The minimum Gasteiger partial charge on any atom is -0.381 e. The van der Waals surface area contributed by atoms with Crippen molar-refractivity contribution in [3.05, 3.63) is 33.8 Å². The van der Waals surface area contributed by atoms with Crippen molar-refractivity contribution in [1.29, 1.82) is 0 Å². The molecule has 27 heavy (non-hydrogen) atoms. The average Bonchev–Trinajstić information content (AvgIpc) is 3.34. The number of carbonyl (C=O) groups is 1. The molecule has 1 atom stereocenters. The van der Waals surface area contributed by atoms with Gasteiger partial charge in [-0.2, -0.15) is 0 Å². The zero-order valence-electron chi connectivity index (χ0n) is 15.4. The van der Waals surface area contributed by atoms with E-state index in [-0.39, 0.29) is 35.1 Å². The minimum atomic E-state index is -0.175. The predicted octanol–water partition coefficient (Wildman–Crippen LogP) is 3.97. The van der Waals surface area contributed by atoms with Gasteiger partial charge >= 0.3 is 0 Å². The van der Waals surface area contributed by atoms with Crippen molar-refractivity contribution < 1.29 is 9.53 Å². The molecule has 1 aromatic carbocycles. The predicted molar refractivity (Wildman–Crippen MR) is 111 cm³/mol. The van der Waals surface area contributed by atoms with E-state index >= 15 is 0 Å². The molecule has 2 heterocycles. The van der Waals surface area contributed by atoms with Crippen LogP contribution in [0.25, 0.3) is 0 Å². The van der Waals surface area contributed by atoms with E-state index in [2.05, 4.69) is 10.6 Å². The molecule has 1 unspecified atom stereocenters. The summed E-state index contributed by atoms with van der Waals surface area (Å²) >= 11 is 12.6. The second-order valence-corrected chi connectivity index (χ2v) is 8.95. The lowest BCUT2D eigenvalue weighted by Crippen LogP contribution is -2.45. The number of nitrogens with one attached hydrogen (secondary N) is 2. The van der Waals surface area contributed by atoms with Gasteiger partial charge in [0.05, 0.1) is 0 Å². The molecule has 1 spiro atoms. The van der Waals surface area contributed by atoms with E-state index in [0.29, 0.717) is 29.8 Å². The quantitative estimate of drug-likeness (QED) is 0.755. The molecule has 1 amide bonds. The zero-order valence-corrected chi connectivity index (χ0v) is 17.7. The first-order valence-corrected chi connectivity index (χ1v) is 10.3. The topological polar surface area (TPSA) is 50.4 Å². The second-order valence-electron chi connectivity index (χ2n) is 8.10. The van der Waals surface area contributed by atoms with Crippen LogP contribution in [0.5, 0.6) is 0 Å². The lowest BCUT2D eigenvalue weighted by atomic mass is 9.74. The van der Waals surface area contributed by atoms with Crippen molar-refractivity contribution in [3.8, 4) is 0 Å². The third-order valence-electron chi connectivity index (χ3n) is 6.66. The molecule has 0 radical (unpaired) electrons. The van der Waals surface area contributed by atoms with Crippen LogP contribution < -0.4 is 10.6 Å².